The van der Waals surface area contributed by atoms with Gasteiger partial charge in [0.15, 0.2) is 0 Å². The molecule has 0 aliphatic rings. The summed E-state index contributed by atoms with van der Waals surface area (Å²) in [5, 5.41) is 8.50. The molecule has 0 bridgehead atoms. The van der Waals surface area contributed by atoms with Crippen molar-refractivity contribution < 1.29 is 0 Å². The van der Waals surface area contributed by atoms with E-state index in [1.54, 1.807) is 4.68 Å². The minimum absolute atomic E-state index is 0.721. The van der Waals surface area contributed by atoms with Crippen molar-refractivity contribution >= 4 is 5.69 Å². The molecule has 3 rings (SSSR count). The minimum Gasteiger partial charge on any atom is -0.399 e. The van der Waals surface area contributed by atoms with Crippen molar-refractivity contribution in [2.45, 2.75) is 20.8 Å². The number of hydrogen-bond acceptors (Lipinski definition) is 3. The van der Waals surface area contributed by atoms with E-state index in [0.717, 1.165) is 28.2 Å². The summed E-state index contributed by atoms with van der Waals surface area (Å²) in [5.41, 5.74) is 13.1. The summed E-state index contributed by atoms with van der Waals surface area (Å²) in [4.78, 5) is 0. The number of hydrogen-bond donors (Lipinski definition) is 1. The van der Waals surface area contributed by atoms with Crippen LogP contribution in [0.4, 0.5) is 5.69 Å². The van der Waals surface area contributed by atoms with Crippen LogP contribution < -0.4 is 5.73 Å². The highest BCUT2D eigenvalue weighted by molar-refractivity contribution is 5.61. The van der Waals surface area contributed by atoms with Gasteiger partial charge >= 0.3 is 0 Å². The molecule has 2 aromatic carbocycles. The SMILES string of the molecule is Cc1ccc(-c2cn(-c3cc(N)ccc3C)nn2)cc1C. The maximum absolute atomic E-state index is 5.86. The number of rotatable bonds is 2. The van der Waals surface area contributed by atoms with E-state index in [9.17, 15) is 0 Å². The fourth-order valence-electron chi connectivity index (χ4n) is 2.29. The second-order valence-electron chi connectivity index (χ2n) is 5.39. The van der Waals surface area contributed by atoms with E-state index >= 15 is 0 Å². The highest BCUT2D eigenvalue weighted by atomic mass is 15.4. The molecule has 0 amide bonds. The van der Waals surface area contributed by atoms with Crippen LogP contribution in [0, 0.1) is 20.8 Å². The van der Waals surface area contributed by atoms with Crippen LogP contribution in [0.25, 0.3) is 16.9 Å². The topological polar surface area (TPSA) is 56.7 Å². The Hall–Kier alpha value is -2.62. The van der Waals surface area contributed by atoms with E-state index in [-0.39, 0.29) is 0 Å². The van der Waals surface area contributed by atoms with Crippen LogP contribution in [0.3, 0.4) is 0 Å². The van der Waals surface area contributed by atoms with E-state index in [1.807, 2.05) is 31.3 Å². The molecule has 0 aliphatic heterocycles. The first-order chi connectivity index (χ1) is 10.0. The normalized spacial score (nSPS) is 10.8. The zero-order valence-electron chi connectivity index (χ0n) is 12.5. The largest absolute Gasteiger partial charge is 0.399 e. The molecule has 2 N–H and O–H groups in total. The van der Waals surface area contributed by atoms with Crippen LogP contribution in [-0.4, -0.2) is 15.0 Å². The molecule has 0 fully saturated rings. The number of anilines is 1. The molecule has 0 saturated carbocycles. The molecule has 1 aromatic heterocycles. The van der Waals surface area contributed by atoms with E-state index < -0.39 is 0 Å². The number of nitrogen functional groups attached to an aromatic ring is 1. The predicted octanol–water partition coefficient (Wildman–Crippen LogP) is 3.44. The summed E-state index contributed by atoms with van der Waals surface area (Å²) >= 11 is 0. The van der Waals surface area contributed by atoms with Crippen molar-refractivity contribution in [2.75, 3.05) is 5.73 Å². The molecule has 0 aliphatic carbocycles. The molecule has 0 saturated heterocycles. The maximum Gasteiger partial charge on any atom is 0.113 e. The summed E-state index contributed by atoms with van der Waals surface area (Å²) in [7, 11) is 0. The molecule has 1 heterocycles. The Labute approximate surface area is 124 Å². The molecule has 4 nitrogen and oxygen atoms in total. The lowest BCUT2D eigenvalue weighted by Crippen LogP contribution is -1.99. The maximum atomic E-state index is 5.86. The summed E-state index contributed by atoms with van der Waals surface area (Å²) in [6.07, 6.45) is 1.94. The first-order valence-corrected chi connectivity index (χ1v) is 6.91. The predicted molar refractivity (Wildman–Crippen MR) is 85.4 cm³/mol. The summed E-state index contributed by atoms with van der Waals surface area (Å²) in [6, 6.07) is 12.1. The van der Waals surface area contributed by atoms with Gasteiger partial charge in [-0.3, -0.25) is 0 Å². The third kappa shape index (κ3) is 2.52. The van der Waals surface area contributed by atoms with Crippen molar-refractivity contribution in [1.29, 1.82) is 0 Å². The average Bonchev–Trinajstić information content (AvgIpc) is 2.94. The van der Waals surface area contributed by atoms with Gasteiger partial charge in [0, 0.05) is 11.3 Å². The smallest absolute Gasteiger partial charge is 0.113 e. The highest BCUT2D eigenvalue weighted by Gasteiger charge is 2.08. The van der Waals surface area contributed by atoms with E-state index in [1.165, 1.54) is 11.1 Å². The van der Waals surface area contributed by atoms with Gasteiger partial charge in [0.05, 0.1) is 11.9 Å². The minimum atomic E-state index is 0.721. The lowest BCUT2D eigenvalue weighted by Gasteiger charge is -2.05. The lowest BCUT2D eigenvalue weighted by atomic mass is 10.0. The third-order valence-corrected chi connectivity index (χ3v) is 3.78. The van der Waals surface area contributed by atoms with E-state index in [0.29, 0.717) is 0 Å². The van der Waals surface area contributed by atoms with Gasteiger partial charge in [-0.15, -0.1) is 5.10 Å². The fourth-order valence-corrected chi connectivity index (χ4v) is 2.29. The Morgan fingerprint density at radius 3 is 2.43 bits per heavy atom. The van der Waals surface area contributed by atoms with Gasteiger partial charge in [-0.25, -0.2) is 4.68 Å². The van der Waals surface area contributed by atoms with Crippen molar-refractivity contribution in [3.63, 3.8) is 0 Å². The lowest BCUT2D eigenvalue weighted by molar-refractivity contribution is 0.799. The van der Waals surface area contributed by atoms with Gasteiger partial charge in [-0.1, -0.05) is 23.4 Å². The number of benzene rings is 2. The Bertz CT molecular complexity index is 802. The molecule has 0 radical (unpaired) electrons. The Balaban J connectivity index is 2.03. The van der Waals surface area contributed by atoms with Crippen LogP contribution >= 0.6 is 0 Å². The molecule has 21 heavy (non-hydrogen) atoms. The fraction of sp³-hybridized carbons (Fsp3) is 0.176. The number of nitrogens with zero attached hydrogens (tertiary/aromatic N) is 3. The highest BCUT2D eigenvalue weighted by Crippen LogP contribution is 2.22. The third-order valence-electron chi connectivity index (χ3n) is 3.78. The van der Waals surface area contributed by atoms with Gasteiger partial charge < -0.3 is 5.73 Å². The second-order valence-corrected chi connectivity index (χ2v) is 5.39. The van der Waals surface area contributed by atoms with Crippen LogP contribution in [0.2, 0.25) is 0 Å². The monoisotopic (exact) mass is 278 g/mol. The molecule has 0 atom stereocenters. The molecule has 106 valence electrons. The standard InChI is InChI=1S/C17H18N4/c1-11-4-6-14(8-13(11)3)16-10-21(20-19-16)17-9-15(18)7-5-12(17)2/h4-10H,18H2,1-3H3. The van der Waals surface area contributed by atoms with Gasteiger partial charge in [-0.05, 0) is 55.7 Å². The summed E-state index contributed by atoms with van der Waals surface area (Å²) in [6.45, 7) is 6.24. The van der Waals surface area contributed by atoms with Gasteiger partial charge in [-0.2, -0.15) is 0 Å². The van der Waals surface area contributed by atoms with Crippen LogP contribution in [-0.2, 0) is 0 Å². The van der Waals surface area contributed by atoms with Gasteiger partial charge in [0.25, 0.3) is 0 Å². The van der Waals surface area contributed by atoms with Crippen LogP contribution in [0.15, 0.2) is 42.6 Å². The van der Waals surface area contributed by atoms with Gasteiger partial charge in [0.1, 0.15) is 5.69 Å². The zero-order valence-corrected chi connectivity index (χ0v) is 12.5. The van der Waals surface area contributed by atoms with Gasteiger partial charge in [0.2, 0.25) is 0 Å². The van der Waals surface area contributed by atoms with Crippen molar-refractivity contribution in [3.05, 3.63) is 59.3 Å². The summed E-state index contributed by atoms with van der Waals surface area (Å²) in [5.74, 6) is 0. The average molecular weight is 278 g/mol. The van der Waals surface area contributed by atoms with Crippen molar-refractivity contribution in [3.8, 4) is 16.9 Å². The summed E-state index contributed by atoms with van der Waals surface area (Å²) < 4.78 is 1.77. The Kier molecular flexibility index (Phi) is 3.22. The number of aromatic nitrogens is 3. The van der Waals surface area contributed by atoms with Crippen LogP contribution in [0.5, 0.6) is 0 Å². The zero-order chi connectivity index (χ0) is 15.0. The molecule has 4 heteroatoms. The van der Waals surface area contributed by atoms with E-state index in [2.05, 4.69) is 42.4 Å². The number of aryl methyl sites for hydroxylation is 3. The first kappa shape index (κ1) is 13.4. The Morgan fingerprint density at radius 1 is 0.905 bits per heavy atom. The second kappa shape index (κ2) is 5.05. The molecule has 0 spiro atoms. The number of nitrogens with two attached hydrogens (primary N) is 1. The Morgan fingerprint density at radius 2 is 1.67 bits per heavy atom. The van der Waals surface area contributed by atoms with Crippen LogP contribution in [0.1, 0.15) is 16.7 Å². The first-order valence-electron chi connectivity index (χ1n) is 6.91. The molecule has 0 unspecified atom stereocenters. The molecule has 3 aromatic rings. The molecular formula is C17H18N4. The van der Waals surface area contributed by atoms with Crippen molar-refractivity contribution in [2.24, 2.45) is 0 Å². The van der Waals surface area contributed by atoms with Crippen molar-refractivity contribution in [1.82, 2.24) is 15.0 Å². The quantitative estimate of drug-likeness (QED) is 0.730. The van der Waals surface area contributed by atoms with E-state index in [4.69, 9.17) is 5.73 Å². The molecular weight excluding hydrogens is 260 g/mol.